The normalized spacial score (nSPS) is 17.0. The Hall–Kier alpha value is -1.95. The molecule has 5 nitrogen and oxygen atoms in total. The fraction of sp³-hybridized carbons (Fsp3) is 0.500. The number of fused-ring (bicyclic) bond motifs is 1. The molecule has 1 saturated heterocycles. The predicted octanol–water partition coefficient (Wildman–Crippen LogP) is 3.40. The lowest BCUT2D eigenvalue weighted by molar-refractivity contribution is -0.195. The highest BCUT2D eigenvalue weighted by Gasteiger charge is 2.26. The summed E-state index contributed by atoms with van der Waals surface area (Å²) in [4.78, 5) is 16.8. The molecule has 22 heavy (non-hydrogen) atoms. The molecule has 0 aliphatic carbocycles. The van der Waals surface area contributed by atoms with Crippen LogP contribution in [0, 0.1) is 5.82 Å². The second-order valence-corrected chi connectivity index (χ2v) is 5.62. The van der Waals surface area contributed by atoms with Crippen LogP contribution in [-0.2, 0) is 9.63 Å². The van der Waals surface area contributed by atoms with Crippen LogP contribution < -0.4 is 0 Å². The fourth-order valence-electron chi connectivity index (χ4n) is 2.84. The molecule has 0 unspecified atom stereocenters. The molecular formula is C16H19FN2O3. The van der Waals surface area contributed by atoms with Crippen molar-refractivity contribution in [1.82, 2.24) is 10.2 Å². The third-order valence-electron chi connectivity index (χ3n) is 3.99. The van der Waals surface area contributed by atoms with Gasteiger partial charge >= 0.3 is 5.97 Å². The molecule has 0 bridgehead atoms. The van der Waals surface area contributed by atoms with E-state index in [1.807, 2.05) is 6.92 Å². The third-order valence-corrected chi connectivity index (χ3v) is 3.99. The van der Waals surface area contributed by atoms with Crippen LogP contribution in [0.2, 0.25) is 0 Å². The van der Waals surface area contributed by atoms with Gasteiger partial charge in [-0.15, -0.1) is 5.06 Å². The minimum absolute atomic E-state index is 0.177. The van der Waals surface area contributed by atoms with Crippen molar-refractivity contribution in [2.75, 3.05) is 13.1 Å². The van der Waals surface area contributed by atoms with Gasteiger partial charge in [0.2, 0.25) is 0 Å². The molecule has 1 aromatic carbocycles. The Morgan fingerprint density at radius 2 is 2.23 bits per heavy atom. The van der Waals surface area contributed by atoms with Gasteiger partial charge in [0, 0.05) is 36.9 Å². The number of aromatic nitrogens is 1. The molecular weight excluding hydrogens is 287 g/mol. The highest BCUT2D eigenvalue weighted by molar-refractivity contribution is 5.79. The molecule has 1 fully saturated rings. The van der Waals surface area contributed by atoms with Crippen molar-refractivity contribution in [3.05, 3.63) is 29.7 Å². The SMILES string of the molecule is CCCC(=O)ON1CCC(c2noc3cc(F)ccc23)CC1. The van der Waals surface area contributed by atoms with Crippen LogP contribution in [0.3, 0.4) is 0 Å². The van der Waals surface area contributed by atoms with Gasteiger partial charge in [0.25, 0.3) is 0 Å². The number of carbonyl (C=O) groups excluding carboxylic acids is 1. The van der Waals surface area contributed by atoms with Gasteiger partial charge in [-0.05, 0) is 31.4 Å². The van der Waals surface area contributed by atoms with E-state index in [-0.39, 0.29) is 17.7 Å². The van der Waals surface area contributed by atoms with Crippen LogP contribution in [-0.4, -0.2) is 29.3 Å². The Labute approximate surface area is 128 Å². The first kappa shape index (κ1) is 15.0. The number of carbonyl (C=O) groups is 1. The number of rotatable bonds is 4. The van der Waals surface area contributed by atoms with Gasteiger partial charge in [-0.3, -0.25) is 4.79 Å². The maximum absolute atomic E-state index is 13.2. The van der Waals surface area contributed by atoms with Gasteiger partial charge < -0.3 is 9.36 Å². The molecule has 0 atom stereocenters. The molecule has 6 heteroatoms. The van der Waals surface area contributed by atoms with E-state index >= 15 is 0 Å². The summed E-state index contributed by atoms with van der Waals surface area (Å²) in [7, 11) is 0. The van der Waals surface area contributed by atoms with E-state index in [0.29, 0.717) is 25.1 Å². The van der Waals surface area contributed by atoms with Gasteiger partial charge in [-0.2, -0.15) is 0 Å². The summed E-state index contributed by atoms with van der Waals surface area (Å²) in [5.74, 6) is -0.260. The minimum atomic E-state index is -0.326. The highest BCUT2D eigenvalue weighted by atomic mass is 19.1. The Bertz CT molecular complexity index is 662. The monoisotopic (exact) mass is 306 g/mol. The number of hydrogen-bond donors (Lipinski definition) is 0. The van der Waals surface area contributed by atoms with E-state index in [0.717, 1.165) is 30.3 Å². The van der Waals surface area contributed by atoms with E-state index < -0.39 is 0 Å². The highest BCUT2D eigenvalue weighted by Crippen LogP contribution is 2.32. The summed E-state index contributed by atoms with van der Waals surface area (Å²) in [5.41, 5.74) is 1.35. The summed E-state index contributed by atoms with van der Waals surface area (Å²) in [6.45, 7) is 3.30. The van der Waals surface area contributed by atoms with Gasteiger partial charge in [-0.1, -0.05) is 12.1 Å². The molecule has 1 aliphatic rings. The zero-order valence-electron chi connectivity index (χ0n) is 12.5. The van der Waals surface area contributed by atoms with Gasteiger partial charge in [0.1, 0.15) is 5.82 Å². The van der Waals surface area contributed by atoms with Gasteiger partial charge in [0.15, 0.2) is 5.58 Å². The molecule has 3 rings (SSSR count). The van der Waals surface area contributed by atoms with Gasteiger partial charge in [-0.25, -0.2) is 4.39 Å². The first-order valence-corrected chi connectivity index (χ1v) is 7.68. The van der Waals surface area contributed by atoms with Crippen LogP contribution in [0.1, 0.15) is 44.2 Å². The van der Waals surface area contributed by atoms with Crippen LogP contribution in [0.4, 0.5) is 4.39 Å². The summed E-state index contributed by atoms with van der Waals surface area (Å²) in [6, 6.07) is 4.49. The molecule has 118 valence electrons. The molecule has 2 heterocycles. The summed E-state index contributed by atoms with van der Waals surface area (Å²) < 4.78 is 18.4. The molecule has 0 amide bonds. The predicted molar refractivity (Wildman–Crippen MR) is 78.5 cm³/mol. The third kappa shape index (κ3) is 3.11. The maximum atomic E-state index is 13.2. The summed E-state index contributed by atoms with van der Waals surface area (Å²) in [5, 5.41) is 6.69. The number of benzene rings is 1. The van der Waals surface area contributed by atoms with E-state index in [1.165, 1.54) is 12.1 Å². The number of hydrogen-bond acceptors (Lipinski definition) is 5. The molecule has 1 aliphatic heterocycles. The standard InChI is InChI=1S/C16H19FN2O3/c1-2-3-15(20)22-19-8-6-11(7-9-19)16-13-5-4-12(17)10-14(13)21-18-16/h4-5,10-11H,2-3,6-9H2,1H3. The zero-order chi connectivity index (χ0) is 15.5. The molecule has 0 spiro atoms. The number of piperidine rings is 1. The van der Waals surface area contributed by atoms with E-state index in [9.17, 15) is 9.18 Å². The number of halogens is 1. The summed E-state index contributed by atoms with van der Waals surface area (Å²) >= 11 is 0. The van der Waals surface area contributed by atoms with Crippen molar-refractivity contribution < 1.29 is 18.5 Å². The molecule has 0 saturated carbocycles. The number of hydroxylamine groups is 2. The Balaban J connectivity index is 1.64. The van der Waals surface area contributed by atoms with Crippen molar-refractivity contribution in [3.63, 3.8) is 0 Å². The second kappa shape index (κ2) is 6.44. The smallest absolute Gasteiger partial charge is 0.325 e. The minimum Gasteiger partial charge on any atom is -0.368 e. The summed E-state index contributed by atoms with van der Waals surface area (Å²) in [6.07, 6.45) is 2.90. The van der Waals surface area contributed by atoms with Crippen molar-refractivity contribution in [2.45, 2.75) is 38.5 Å². The van der Waals surface area contributed by atoms with Crippen LogP contribution >= 0.6 is 0 Å². The van der Waals surface area contributed by atoms with E-state index in [1.54, 1.807) is 11.1 Å². The lowest BCUT2D eigenvalue weighted by Crippen LogP contribution is -2.35. The molecule has 0 radical (unpaired) electrons. The Kier molecular flexibility index (Phi) is 4.38. The first-order valence-electron chi connectivity index (χ1n) is 7.68. The maximum Gasteiger partial charge on any atom is 0.325 e. The number of nitrogens with zero attached hydrogens (tertiary/aromatic N) is 2. The Morgan fingerprint density at radius 3 is 2.95 bits per heavy atom. The second-order valence-electron chi connectivity index (χ2n) is 5.62. The largest absolute Gasteiger partial charge is 0.368 e. The van der Waals surface area contributed by atoms with Crippen LogP contribution in [0.5, 0.6) is 0 Å². The quantitative estimate of drug-likeness (QED) is 0.866. The van der Waals surface area contributed by atoms with Gasteiger partial charge in [0.05, 0.1) is 5.69 Å². The lowest BCUT2D eigenvalue weighted by Gasteiger charge is -2.29. The van der Waals surface area contributed by atoms with E-state index in [2.05, 4.69) is 5.16 Å². The Morgan fingerprint density at radius 1 is 1.45 bits per heavy atom. The zero-order valence-corrected chi connectivity index (χ0v) is 12.5. The van der Waals surface area contributed by atoms with E-state index in [4.69, 9.17) is 9.36 Å². The van der Waals surface area contributed by atoms with Crippen molar-refractivity contribution in [2.24, 2.45) is 0 Å². The van der Waals surface area contributed by atoms with Crippen molar-refractivity contribution in [3.8, 4) is 0 Å². The molecule has 0 N–H and O–H groups in total. The average molecular weight is 306 g/mol. The fourth-order valence-corrected chi connectivity index (χ4v) is 2.84. The first-order chi connectivity index (χ1) is 10.7. The lowest BCUT2D eigenvalue weighted by atomic mass is 9.92. The molecule has 2 aromatic rings. The average Bonchev–Trinajstić information content (AvgIpc) is 2.91. The molecule has 1 aromatic heterocycles. The topological polar surface area (TPSA) is 55.6 Å². The van der Waals surface area contributed by atoms with Crippen LogP contribution in [0.25, 0.3) is 11.0 Å². The van der Waals surface area contributed by atoms with Crippen molar-refractivity contribution >= 4 is 16.9 Å². The van der Waals surface area contributed by atoms with Crippen molar-refractivity contribution in [1.29, 1.82) is 0 Å². The van der Waals surface area contributed by atoms with Crippen LogP contribution in [0.15, 0.2) is 22.7 Å².